The fourth-order valence-corrected chi connectivity index (χ4v) is 2.75. The van der Waals surface area contributed by atoms with Crippen molar-refractivity contribution in [2.24, 2.45) is 5.92 Å². The Hall–Kier alpha value is -2.09. The molecule has 1 saturated heterocycles. The van der Waals surface area contributed by atoms with Crippen LogP contribution in [-0.2, 0) is 4.79 Å². The van der Waals surface area contributed by atoms with Crippen molar-refractivity contribution in [1.82, 2.24) is 15.2 Å². The number of nitrogens with one attached hydrogen (secondary N) is 2. The highest BCUT2D eigenvalue weighted by Gasteiger charge is 2.32. The van der Waals surface area contributed by atoms with Crippen LogP contribution in [0.4, 0.5) is 6.01 Å². The lowest BCUT2D eigenvalue weighted by Crippen LogP contribution is -2.53. The quantitative estimate of drug-likeness (QED) is 0.709. The van der Waals surface area contributed by atoms with Gasteiger partial charge in [-0.05, 0) is 25.2 Å². The van der Waals surface area contributed by atoms with Crippen molar-refractivity contribution in [2.75, 3.05) is 25.5 Å². The first kappa shape index (κ1) is 18.3. The van der Waals surface area contributed by atoms with E-state index in [-0.39, 0.29) is 35.5 Å². The zero-order valence-electron chi connectivity index (χ0n) is 14.4. The number of piperidine rings is 1. The summed E-state index contributed by atoms with van der Waals surface area (Å²) in [5, 5.41) is 15.5. The topological polar surface area (TPSA) is 108 Å². The molecule has 2 rings (SSSR count). The number of nitrogens with zero attached hydrogens (tertiary/aromatic N) is 2. The summed E-state index contributed by atoms with van der Waals surface area (Å²) in [5.41, 5.74) is 0. The SMILES string of the molecule is CNc1ncc(C(=O)NC[C@@H]2CCCCN2C(=O)[C@H](O)C(C)C)o1. The van der Waals surface area contributed by atoms with Crippen LogP contribution in [0.2, 0.25) is 0 Å². The van der Waals surface area contributed by atoms with Gasteiger partial charge in [-0.15, -0.1) is 0 Å². The first-order valence-corrected chi connectivity index (χ1v) is 8.34. The number of amides is 2. The molecule has 1 aliphatic rings. The summed E-state index contributed by atoms with van der Waals surface area (Å²) >= 11 is 0. The minimum atomic E-state index is -1.01. The molecule has 1 aliphatic heterocycles. The first-order chi connectivity index (χ1) is 11.4. The maximum absolute atomic E-state index is 12.4. The molecule has 8 heteroatoms. The predicted molar refractivity (Wildman–Crippen MR) is 88.6 cm³/mol. The average Bonchev–Trinajstić information content (AvgIpc) is 3.07. The number of aromatic nitrogens is 1. The third-order valence-corrected chi connectivity index (χ3v) is 4.24. The van der Waals surface area contributed by atoms with Crippen LogP contribution in [0.5, 0.6) is 0 Å². The van der Waals surface area contributed by atoms with Gasteiger partial charge in [0, 0.05) is 26.2 Å². The Morgan fingerprint density at radius 1 is 1.46 bits per heavy atom. The molecule has 134 valence electrons. The molecule has 1 aromatic heterocycles. The van der Waals surface area contributed by atoms with Crippen molar-refractivity contribution in [3.63, 3.8) is 0 Å². The molecule has 0 saturated carbocycles. The van der Waals surface area contributed by atoms with E-state index in [1.807, 2.05) is 13.8 Å². The van der Waals surface area contributed by atoms with Crippen LogP contribution < -0.4 is 10.6 Å². The Labute approximate surface area is 141 Å². The predicted octanol–water partition coefficient (Wildman–Crippen LogP) is 0.844. The largest absolute Gasteiger partial charge is 0.418 e. The number of rotatable bonds is 6. The van der Waals surface area contributed by atoms with Gasteiger partial charge in [-0.25, -0.2) is 4.98 Å². The molecular formula is C16H26N4O4. The summed E-state index contributed by atoms with van der Waals surface area (Å²) in [5.74, 6) is -0.647. The molecule has 0 unspecified atom stereocenters. The normalized spacial score (nSPS) is 19.2. The van der Waals surface area contributed by atoms with E-state index >= 15 is 0 Å². The van der Waals surface area contributed by atoms with E-state index in [1.165, 1.54) is 6.20 Å². The Morgan fingerprint density at radius 2 is 2.21 bits per heavy atom. The van der Waals surface area contributed by atoms with E-state index in [9.17, 15) is 14.7 Å². The van der Waals surface area contributed by atoms with Gasteiger partial charge < -0.3 is 25.1 Å². The first-order valence-electron chi connectivity index (χ1n) is 8.34. The van der Waals surface area contributed by atoms with Gasteiger partial charge in [0.25, 0.3) is 17.8 Å². The highest BCUT2D eigenvalue weighted by Crippen LogP contribution is 2.19. The van der Waals surface area contributed by atoms with E-state index < -0.39 is 6.10 Å². The standard InChI is InChI=1S/C16H26N4O4/c1-10(2)13(21)15(23)20-7-5-4-6-11(20)8-18-14(22)12-9-19-16(17-3)24-12/h9-11,13,21H,4-8H2,1-3H3,(H,17,19)(H,18,22)/t11-,13+/m0/s1. The molecule has 24 heavy (non-hydrogen) atoms. The second kappa shape index (κ2) is 8.14. The van der Waals surface area contributed by atoms with Crippen molar-refractivity contribution < 1.29 is 19.1 Å². The Kier molecular flexibility index (Phi) is 6.19. The number of carbonyl (C=O) groups is 2. The van der Waals surface area contributed by atoms with E-state index in [2.05, 4.69) is 15.6 Å². The Morgan fingerprint density at radius 3 is 2.83 bits per heavy atom. The van der Waals surface area contributed by atoms with Gasteiger partial charge in [0.1, 0.15) is 6.10 Å². The molecule has 1 fully saturated rings. The molecule has 1 aromatic rings. The van der Waals surface area contributed by atoms with Crippen LogP contribution in [0.1, 0.15) is 43.7 Å². The monoisotopic (exact) mass is 338 g/mol. The number of hydrogen-bond acceptors (Lipinski definition) is 6. The average molecular weight is 338 g/mol. The molecule has 2 heterocycles. The van der Waals surface area contributed by atoms with Gasteiger partial charge in [0.2, 0.25) is 5.76 Å². The minimum Gasteiger partial charge on any atom is -0.418 e. The maximum atomic E-state index is 12.4. The van der Waals surface area contributed by atoms with Crippen LogP contribution in [0.25, 0.3) is 0 Å². The van der Waals surface area contributed by atoms with Crippen LogP contribution in [-0.4, -0.2) is 59.1 Å². The molecule has 2 amide bonds. The van der Waals surface area contributed by atoms with Crippen molar-refractivity contribution >= 4 is 17.8 Å². The third-order valence-electron chi connectivity index (χ3n) is 4.24. The molecule has 0 radical (unpaired) electrons. The molecular weight excluding hydrogens is 312 g/mol. The highest BCUT2D eigenvalue weighted by molar-refractivity contribution is 5.91. The summed E-state index contributed by atoms with van der Waals surface area (Å²) < 4.78 is 5.22. The number of aliphatic hydroxyl groups excluding tert-OH is 1. The van der Waals surface area contributed by atoms with Crippen LogP contribution >= 0.6 is 0 Å². The second-order valence-electron chi connectivity index (χ2n) is 6.36. The number of hydrogen-bond donors (Lipinski definition) is 3. The summed E-state index contributed by atoms with van der Waals surface area (Å²) in [6.07, 6.45) is 3.06. The minimum absolute atomic E-state index is 0.115. The van der Waals surface area contributed by atoms with Crippen molar-refractivity contribution in [2.45, 2.75) is 45.3 Å². The van der Waals surface area contributed by atoms with Crippen LogP contribution in [0.3, 0.4) is 0 Å². The number of likely N-dealkylation sites (tertiary alicyclic amines) is 1. The number of oxazole rings is 1. The van der Waals surface area contributed by atoms with Gasteiger partial charge in [-0.2, -0.15) is 0 Å². The summed E-state index contributed by atoms with van der Waals surface area (Å²) in [6, 6.07) is 0.157. The van der Waals surface area contributed by atoms with Gasteiger partial charge in [0.15, 0.2) is 0 Å². The number of carbonyl (C=O) groups excluding carboxylic acids is 2. The van der Waals surface area contributed by atoms with Crippen LogP contribution in [0, 0.1) is 5.92 Å². The number of anilines is 1. The maximum Gasteiger partial charge on any atom is 0.294 e. The summed E-state index contributed by atoms with van der Waals surface area (Å²) in [6.45, 7) is 4.56. The molecule has 0 spiro atoms. The molecule has 3 N–H and O–H groups in total. The molecule has 0 bridgehead atoms. The summed E-state index contributed by atoms with van der Waals surface area (Å²) in [7, 11) is 1.65. The van der Waals surface area contributed by atoms with Crippen molar-refractivity contribution in [3.8, 4) is 0 Å². The third kappa shape index (κ3) is 4.25. The van der Waals surface area contributed by atoms with E-state index in [0.29, 0.717) is 13.1 Å². The van der Waals surface area contributed by atoms with E-state index in [0.717, 1.165) is 19.3 Å². The van der Waals surface area contributed by atoms with Crippen molar-refractivity contribution in [3.05, 3.63) is 12.0 Å². The number of aliphatic hydroxyl groups is 1. The lowest BCUT2D eigenvalue weighted by Gasteiger charge is -2.37. The van der Waals surface area contributed by atoms with E-state index in [4.69, 9.17) is 4.42 Å². The fraction of sp³-hybridized carbons (Fsp3) is 0.688. The van der Waals surface area contributed by atoms with Gasteiger partial charge in [-0.3, -0.25) is 9.59 Å². The molecule has 0 aromatic carbocycles. The molecule has 0 aliphatic carbocycles. The lowest BCUT2D eigenvalue weighted by atomic mass is 9.98. The fourth-order valence-electron chi connectivity index (χ4n) is 2.75. The Balaban J connectivity index is 1.95. The zero-order valence-corrected chi connectivity index (χ0v) is 14.4. The van der Waals surface area contributed by atoms with Gasteiger partial charge >= 0.3 is 0 Å². The van der Waals surface area contributed by atoms with Gasteiger partial charge in [0.05, 0.1) is 6.20 Å². The highest BCUT2D eigenvalue weighted by atomic mass is 16.4. The van der Waals surface area contributed by atoms with Crippen LogP contribution in [0.15, 0.2) is 10.6 Å². The lowest BCUT2D eigenvalue weighted by molar-refractivity contribution is -0.146. The zero-order chi connectivity index (χ0) is 17.7. The Bertz CT molecular complexity index is 572. The smallest absolute Gasteiger partial charge is 0.294 e. The summed E-state index contributed by atoms with van der Waals surface area (Å²) in [4.78, 5) is 30.1. The molecule has 2 atom stereocenters. The van der Waals surface area contributed by atoms with Gasteiger partial charge in [-0.1, -0.05) is 13.8 Å². The molecule has 8 nitrogen and oxygen atoms in total. The van der Waals surface area contributed by atoms with Crippen molar-refractivity contribution in [1.29, 1.82) is 0 Å². The van der Waals surface area contributed by atoms with E-state index in [1.54, 1.807) is 11.9 Å². The second-order valence-corrected chi connectivity index (χ2v) is 6.36.